The van der Waals surface area contributed by atoms with Gasteiger partial charge in [0.05, 0.1) is 5.39 Å². The summed E-state index contributed by atoms with van der Waals surface area (Å²) in [5.74, 6) is -1.68. The summed E-state index contributed by atoms with van der Waals surface area (Å²) in [7, 11) is 0. The molecule has 0 radical (unpaired) electrons. The maximum absolute atomic E-state index is 14.9. The van der Waals surface area contributed by atoms with Crippen LogP contribution in [0.3, 0.4) is 0 Å². The Labute approximate surface area is 154 Å². The fraction of sp³-hybridized carbons (Fsp3) is 0.421. The summed E-state index contributed by atoms with van der Waals surface area (Å²) in [4.78, 5) is 30.3. The van der Waals surface area contributed by atoms with Crippen LogP contribution in [0.15, 0.2) is 28.7 Å². The first-order valence-electron chi connectivity index (χ1n) is 9.19. The van der Waals surface area contributed by atoms with Crippen molar-refractivity contribution in [3.63, 3.8) is 0 Å². The van der Waals surface area contributed by atoms with Crippen LogP contribution in [0.5, 0.6) is 0 Å². The number of fused-ring (bicyclic) bond motifs is 2. The number of aromatic carboxylic acids is 1. The molecule has 27 heavy (non-hydrogen) atoms. The average molecular weight is 370 g/mol. The second-order valence-electron chi connectivity index (χ2n) is 7.44. The summed E-state index contributed by atoms with van der Waals surface area (Å²) in [6.45, 7) is 2.14. The van der Waals surface area contributed by atoms with Crippen LogP contribution in [0, 0.1) is 5.82 Å². The molecular weight excluding hydrogens is 351 g/mol. The molecule has 2 aromatic heterocycles. The van der Waals surface area contributed by atoms with Gasteiger partial charge in [-0.2, -0.15) is 0 Å². The van der Waals surface area contributed by atoms with Crippen molar-refractivity contribution < 1.29 is 14.3 Å². The highest BCUT2D eigenvalue weighted by Crippen LogP contribution is 2.37. The molecule has 0 bridgehead atoms. The Morgan fingerprint density at radius 1 is 1.37 bits per heavy atom. The number of carboxylic acids is 1. The van der Waals surface area contributed by atoms with Gasteiger partial charge < -0.3 is 19.9 Å². The Morgan fingerprint density at radius 2 is 2.19 bits per heavy atom. The monoisotopic (exact) mass is 370 g/mol. The summed E-state index contributed by atoms with van der Waals surface area (Å²) >= 11 is 0. The van der Waals surface area contributed by atoms with Gasteiger partial charge in [-0.25, -0.2) is 14.2 Å². The summed E-state index contributed by atoms with van der Waals surface area (Å²) in [6.07, 6.45) is 6.31. The van der Waals surface area contributed by atoms with Gasteiger partial charge in [0.15, 0.2) is 11.6 Å². The zero-order valence-electron chi connectivity index (χ0n) is 14.6. The summed E-state index contributed by atoms with van der Waals surface area (Å²) < 4.78 is 16.6. The number of hydrogen-bond donors (Lipinski definition) is 2. The molecule has 2 fully saturated rings. The molecule has 0 spiro atoms. The first kappa shape index (κ1) is 16.4. The molecule has 5 rings (SSSR count). The van der Waals surface area contributed by atoms with Crippen LogP contribution in [0.2, 0.25) is 0 Å². The molecule has 8 heteroatoms. The molecule has 3 aliphatic rings. The molecule has 2 aliphatic heterocycles. The average Bonchev–Trinajstić information content (AvgIpc) is 3.39. The molecule has 7 nitrogen and oxygen atoms in total. The number of carboxylic acid groups (broad SMARTS) is 1. The summed E-state index contributed by atoms with van der Waals surface area (Å²) in [6, 6.07) is 1.47. The number of nitrogens with one attached hydrogen (secondary N) is 1. The van der Waals surface area contributed by atoms with Gasteiger partial charge in [0, 0.05) is 31.4 Å². The minimum absolute atomic E-state index is 0.0250. The minimum Gasteiger partial charge on any atom is -0.477 e. The molecule has 1 saturated carbocycles. The van der Waals surface area contributed by atoms with Crippen LogP contribution >= 0.6 is 0 Å². The molecular formula is C19H19FN4O3. The second kappa shape index (κ2) is 5.88. The molecule has 1 aliphatic carbocycles. The number of anilines is 1. The Bertz CT molecular complexity index is 1060. The van der Waals surface area contributed by atoms with Crippen molar-refractivity contribution in [3.05, 3.63) is 45.5 Å². The molecule has 1 atom stereocenters. The Balaban J connectivity index is 1.66. The summed E-state index contributed by atoms with van der Waals surface area (Å²) in [5, 5.41) is 12.8. The third kappa shape index (κ3) is 2.63. The van der Waals surface area contributed by atoms with Gasteiger partial charge in [-0.1, -0.05) is 6.08 Å². The highest BCUT2D eigenvalue weighted by atomic mass is 19.1. The molecule has 4 heterocycles. The van der Waals surface area contributed by atoms with Crippen LogP contribution in [-0.2, 0) is 0 Å². The standard InChI is InChI=1S/C19H19FN4O3/c20-14-6-12-16(25)13(19(26)27)8-24(11-3-4-11)17(12)22-18(14)23-7-10-2-1-5-21-15(10)9-23/h2,6,8,11,15,21H,1,3-5,7,9H2,(H,26,27). The normalized spacial score (nSPS) is 22.0. The summed E-state index contributed by atoms with van der Waals surface area (Å²) in [5.41, 5.74) is 0.570. The lowest BCUT2D eigenvalue weighted by molar-refractivity contribution is 0.0695. The number of halogens is 1. The lowest BCUT2D eigenvalue weighted by Gasteiger charge is -2.20. The van der Waals surface area contributed by atoms with E-state index in [1.54, 1.807) is 4.57 Å². The van der Waals surface area contributed by atoms with E-state index in [1.165, 1.54) is 11.8 Å². The number of hydrogen-bond acceptors (Lipinski definition) is 5. The van der Waals surface area contributed by atoms with E-state index >= 15 is 0 Å². The van der Waals surface area contributed by atoms with Gasteiger partial charge in [0.2, 0.25) is 5.43 Å². The zero-order chi connectivity index (χ0) is 18.7. The minimum atomic E-state index is -1.30. The molecule has 2 N–H and O–H groups in total. The van der Waals surface area contributed by atoms with E-state index in [2.05, 4.69) is 16.4 Å². The van der Waals surface area contributed by atoms with Crippen molar-refractivity contribution in [2.75, 3.05) is 24.5 Å². The maximum Gasteiger partial charge on any atom is 0.341 e. The number of aromatic nitrogens is 2. The Hall–Kier alpha value is -2.74. The van der Waals surface area contributed by atoms with Crippen LogP contribution in [0.1, 0.15) is 35.7 Å². The van der Waals surface area contributed by atoms with Crippen molar-refractivity contribution in [2.24, 2.45) is 0 Å². The van der Waals surface area contributed by atoms with Crippen molar-refractivity contribution in [3.8, 4) is 0 Å². The third-order valence-corrected chi connectivity index (χ3v) is 5.58. The van der Waals surface area contributed by atoms with Gasteiger partial charge >= 0.3 is 5.97 Å². The van der Waals surface area contributed by atoms with E-state index in [-0.39, 0.29) is 28.9 Å². The van der Waals surface area contributed by atoms with E-state index in [0.717, 1.165) is 31.9 Å². The first-order chi connectivity index (χ1) is 13.0. The molecule has 1 unspecified atom stereocenters. The van der Waals surface area contributed by atoms with E-state index in [4.69, 9.17) is 0 Å². The van der Waals surface area contributed by atoms with E-state index < -0.39 is 17.2 Å². The molecule has 0 aromatic carbocycles. The van der Waals surface area contributed by atoms with Gasteiger partial charge in [-0.3, -0.25) is 4.79 Å². The quantitative estimate of drug-likeness (QED) is 0.800. The van der Waals surface area contributed by atoms with Gasteiger partial charge in [-0.05, 0) is 37.4 Å². The van der Waals surface area contributed by atoms with Crippen molar-refractivity contribution in [2.45, 2.75) is 31.3 Å². The van der Waals surface area contributed by atoms with Crippen molar-refractivity contribution in [1.82, 2.24) is 14.9 Å². The van der Waals surface area contributed by atoms with Crippen molar-refractivity contribution >= 4 is 22.8 Å². The van der Waals surface area contributed by atoms with Gasteiger partial charge in [0.1, 0.15) is 11.2 Å². The smallest absolute Gasteiger partial charge is 0.341 e. The van der Waals surface area contributed by atoms with Crippen LogP contribution in [0.4, 0.5) is 10.2 Å². The van der Waals surface area contributed by atoms with E-state index in [1.807, 2.05) is 4.90 Å². The van der Waals surface area contributed by atoms with Crippen LogP contribution in [0.25, 0.3) is 11.0 Å². The zero-order valence-corrected chi connectivity index (χ0v) is 14.6. The van der Waals surface area contributed by atoms with E-state index in [0.29, 0.717) is 18.7 Å². The predicted molar refractivity (Wildman–Crippen MR) is 97.9 cm³/mol. The maximum atomic E-state index is 14.9. The number of carbonyl (C=O) groups is 1. The van der Waals surface area contributed by atoms with Crippen LogP contribution < -0.4 is 15.6 Å². The largest absolute Gasteiger partial charge is 0.477 e. The Morgan fingerprint density at radius 3 is 2.89 bits per heavy atom. The number of nitrogens with zero attached hydrogens (tertiary/aromatic N) is 3. The predicted octanol–water partition coefficient (Wildman–Crippen LogP) is 1.68. The van der Waals surface area contributed by atoms with Gasteiger partial charge in [-0.15, -0.1) is 0 Å². The second-order valence-corrected chi connectivity index (χ2v) is 7.44. The number of pyridine rings is 2. The molecule has 2 aromatic rings. The lowest BCUT2D eigenvalue weighted by Crippen LogP contribution is -2.36. The number of rotatable bonds is 3. The molecule has 140 valence electrons. The highest BCUT2D eigenvalue weighted by molar-refractivity contribution is 5.92. The SMILES string of the molecule is O=C(O)c1cn(C2CC2)c2nc(N3CC4=CCCNC4C3)c(F)cc2c1=O. The topological polar surface area (TPSA) is 87.5 Å². The first-order valence-corrected chi connectivity index (χ1v) is 9.19. The van der Waals surface area contributed by atoms with E-state index in [9.17, 15) is 19.1 Å². The van der Waals surface area contributed by atoms with Gasteiger partial charge in [0.25, 0.3) is 0 Å². The molecule has 0 amide bonds. The Kier molecular flexibility index (Phi) is 3.58. The van der Waals surface area contributed by atoms with Crippen LogP contribution in [-0.4, -0.2) is 46.3 Å². The van der Waals surface area contributed by atoms with Crippen molar-refractivity contribution in [1.29, 1.82) is 0 Å². The third-order valence-electron chi connectivity index (χ3n) is 5.58. The lowest BCUT2D eigenvalue weighted by atomic mass is 10.1. The fourth-order valence-electron chi connectivity index (χ4n) is 4.05. The molecule has 1 saturated heterocycles. The fourth-order valence-corrected chi connectivity index (χ4v) is 4.05. The highest BCUT2D eigenvalue weighted by Gasteiger charge is 2.32.